The van der Waals surface area contributed by atoms with Crippen molar-refractivity contribution in [2.24, 2.45) is 11.3 Å². The van der Waals surface area contributed by atoms with Crippen LogP contribution in [-0.2, 0) is 6.42 Å². The molecule has 1 atom stereocenters. The molecule has 20 heavy (non-hydrogen) atoms. The van der Waals surface area contributed by atoms with Crippen LogP contribution in [0.15, 0.2) is 24.3 Å². The lowest BCUT2D eigenvalue weighted by Gasteiger charge is -2.30. The molecule has 1 saturated carbocycles. The van der Waals surface area contributed by atoms with Gasteiger partial charge in [0.1, 0.15) is 0 Å². The molecule has 0 spiro atoms. The molecule has 1 fully saturated rings. The first-order valence-electron chi connectivity index (χ1n) is 7.60. The molecule has 2 nitrogen and oxygen atoms in total. The SMILES string of the molecule is CC(C)(C)C(CNC1CC1)Cc1nc2ccccc2s1. The smallest absolute Gasteiger partial charge is 0.0942 e. The Kier molecular flexibility index (Phi) is 3.83. The molecular formula is C17H24N2S. The van der Waals surface area contributed by atoms with Gasteiger partial charge in [-0.1, -0.05) is 32.9 Å². The number of aromatic nitrogens is 1. The third kappa shape index (κ3) is 3.39. The van der Waals surface area contributed by atoms with Crippen molar-refractivity contribution in [1.82, 2.24) is 10.3 Å². The molecule has 0 bridgehead atoms. The monoisotopic (exact) mass is 288 g/mol. The maximum Gasteiger partial charge on any atom is 0.0942 e. The van der Waals surface area contributed by atoms with Crippen LogP contribution in [0.25, 0.3) is 10.2 Å². The van der Waals surface area contributed by atoms with Crippen LogP contribution < -0.4 is 5.32 Å². The van der Waals surface area contributed by atoms with Gasteiger partial charge in [-0.3, -0.25) is 0 Å². The molecule has 3 rings (SSSR count). The highest BCUT2D eigenvalue weighted by molar-refractivity contribution is 7.18. The number of para-hydroxylation sites is 1. The van der Waals surface area contributed by atoms with E-state index in [0.29, 0.717) is 11.3 Å². The summed E-state index contributed by atoms with van der Waals surface area (Å²) in [7, 11) is 0. The topological polar surface area (TPSA) is 24.9 Å². The van der Waals surface area contributed by atoms with Crippen molar-refractivity contribution >= 4 is 21.6 Å². The van der Waals surface area contributed by atoms with Gasteiger partial charge in [0, 0.05) is 12.5 Å². The second-order valence-corrected chi connectivity index (χ2v) is 8.14. The molecule has 1 N–H and O–H groups in total. The number of rotatable bonds is 5. The van der Waals surface area contributed by atoms with Crippen molar-refractivity contribution in [3.8, 4) is 0 Å². The normalized spacial score (nSPS) is 17.6. The molecule has 0 saturated heterocycles. The number of hydrogen-bond donors (Lipinski definition) is 1. The summed E-state index contributed by atoms with van der Waals surface area (Å²) in [6.07, 6.45) is 3.80. The van der Waals surface area contributed by atoms with Gasteiger partial charge >= 0.3 is 0 Å². The number of thiazole rings is 1. The van der Waals surface area contributed by atoms with Gasteiger partial charge in [-0.2, -0.15) is 0 Å². The van der Waals surface area contributed by atoms with Crippen LogP contribution in [0.2, 0.25) is 0 Å². The quantitative estimate of drug-likeness (QED) is 0.889. The first kappa shape index (κ1) is 14.0. The van der Waals surface area contributed by atoms with Crippen LogP contribution in [0.5, 0.6) is 0 Å². The Bertz CT molecular complexity index is 545. The molecular weight excluding hydrogens is 264 g/mol. The lowest BCUT2D eigenvalue weighted by atomic mass is 9.79. The predicted octanol–water partition coefficient (Wildman–Crippen LogP) is 4.25. The second-order valence-electron chi connectivity index (χ2n) is 7.02. The van der Waals surface area contributed by atoms with Crippen LogP contribution in [0.4, 0.5) is 0 Å². The highest BCUT2D eigenvalue weighted by atomic mass is 32.1. The van der Waals surface area contributed by atoms with E-state index in [9.17, 15) is 0 Å². The number of nitrogens with one attached hydrogen (secondary N) is 1. The highest BCUT2D eigenvalue weighted by Gasteiger charge is 2.28. The van der Waals surface area contributed by atoms with Gasteiger partial charge in [0.2, 0.25) is 0 Å². The fraction of sp³-hybridized carbons (Fsp3) is 0.588. The van der Waals surface area contributed by atoms with Gasteiger partial charge in [-0.25, -0.2) is 4.98 Å². The zero-order valence-corrected chi connectivity index (χ0v) is 13.5. The summed E-state index contributed by atoms with van der Waals surface area (Å²) < 4.78 is 1.31. The molecule has 1 aliphatic rings. The molecule has 0 radical (unpaired) electrons. The van der Waals surface area contributed by atoms with Crippen molar-refractivity contribution in [2.45, 2.75) is 46.1 Å². The number of hydrogen-bond acceptors (Lipinski definition) is 3. The summed E-state index contributed by atoms with van der Waals surface area (Å²) in [5, 5.41) is 4.98. The van der Waals surface area contributed by atoms with E-state index in [-0.39, 0.29) is 0 Å². The molecule has 0 amide bonds. The van der Waals surface area contributed by atoms with E-state index < -0.39 is 0 Å². The maximum absolute atomic E-state index is 4.80. The average Bonchev–Trinajstić information content (AvgIpc) is 3.11. The molecule has 2 aromatic rings. The average molecular weight is 288 g/mol. The third-order valence-electron chi connectivity index (χ3n) is 4.21. The van der Waals surface area contributed by atoms with E-state index in [1.165, 1.54) is 22.5 Å². The van der Waals surface area contributed by atoms with Crippen LogP contribution in [0.3, 0.4) is 0 Å². The highest BCUT2D eigenvalue weighted by Crippen LogP contribution is 2.32. The molecule has 108 valence electrons. The van der Waals surface area contributed by atoms with Crippen LogP contribution in [-0.4, -0.2) is 17.6 Å². The van der Waals surface area contributed by atoms with Crippen LogP contribution in [0.1, 0.15) is 38.6 Å². The minimum Gasteiger partial charge on any atom is -0.314 e. The summed E-state index contributed by atoms with van der Waals surface area (Å²) in [5.74, 6) is 0.642. The molecule has 3 heteroatoms. The van der Waals surface area contributed by atoms with Gasteiger partial charge in [0.25, 0.3) is 0 Å². The minimum atomic E-state index is 0.319. The second kappa shape index (κ2) is 5.45. The Labute approximate surface area is 125 Å². The molecule has 1 heterocycles. The Balaban J connectivity index is 1.73. The summed E-state index contributed by atoms with van der Waals surface area (Å²) >= 11 is 1.85. The van der Waals surface area contributed by atoms with Gasteiger partial charge in [0.15, 0.2) is 0 Å². The van der Waals surface area contributed by atoms with Crippen molar-refractivity contribution in [1.29, 1.82) is 0 Å². The maximum atomic E-state index is 4.80. The largest absolute Gasteiger partial charge is 0.314 e. The first-order chi connectivity index (χ1) is 9.52. The standard InChI is InChI=1S/C17H24N2S/c1-17(2,3)12(11-18-13-8-9-13)10-16-19-14-6-4-5-7-15(14)20-16/h4-7,12-13,18H,8-11H2,1-3H3. The van der Waals surface area contributed by atoms with Crippen molar-refractivity contribution in [3.05, 3.63) is 29.3 Å². The van der Waals surface area contributed by atoms with Gasteiger partial charge in [-0.15, -0.1) is 11.3 Å². The van der Waals surface area contributed by atoms with E-state index >= 15 is 0 Å². The number of nitrogens with zero attached hydrogens (tertiary/aromatic N) is 1. The van der Waals surface area contributed by atoms with Crippen molar-refractivity contribution in [2.75, 3.05) is 6.54 Å². The Morgan fingerprint density at radius 1 is 1.30 bits per heavy atom. The number of fused-ring (bicyclic) bond motifs is 1. The van der Waals surface area contributed by atoms with Gasteiger partial charge in [0.05, 0.1) is 15.2 Å². The van der Waals surface area contributed by atoms with E-state index in [1.807, 2.05) is 11.3 Å². The van der Waals surface area contributed by atoms with Crippen molar-refractivity contribution < 1.29 is 0 Å². The zero-order valence-electron chi connectivity index (χ0n) is 12.6. The molecule has 1 aliphatic carbocycles. The Hall–Kier alpha value is -0.930. The molecule has 1 aromatic heterocycles. The Morgan fingerprint density at radius 3 is 2.70 bits per heavy atom. The van der Waals surface area contributed by atoms with E-state index in [4.69, 9.17) is 4.98 Å². The lowest BCUT2D eigenvalue weighted by molar-refractivity contribution is 0.230. The van der Waals surface area contributed by atoms with Crippen LogP contribution in [0, 0.1) is 11.3 Å². The summed E-state index contributed by atoms with van der Waals surface area (Å²) in [5.41, 5.74) is 1.47. The Morgan fingerprint density at radius 2 is 2.05 bits per heavy atom. The fourth-order valence-electron chi connectivity index (χ4n) is 2.50. The predicted molar refractivity (Wildman–Crippen MR) is 87.3 cm³/mol. The fourth-order valence-corrected chi connectivity index (χ4v) is 3.55. The summed E-state index contributed by atoms with van der Waals surface area (Å²) in [6.45, 7) is 8.16. The van der Waals surface area contributed by atoms with Gasteiger partial charge < -0.3 is 5.32 Å². The third-order valence-corrected chi connectivity index (χ3v) is 5.27. The summed E-state index contributed by atoms with van der Waals surface area (Å²) in [4.78, 5) is 4.80. The zero-order chi connectivity index (χ0) is 14.2. The number of benzene rings is 1. The van der Waals surface area contributed by atoms with Crippen LogP contribution >= 0.6 is 11.3 Å². The van der Waals surface area contributed by atoms with Crippen molar-refractivity contribution in [3.63, 3.8) is 0 Å². The van der Waals surface area contributed by atoms with E-state index in [2.05, 4.69) is 50.4 Å². The molecule has 1 unspecified atom stereocenters. The first-order valence-corrected chi connectivity index (χ1v) is 8.42. The van der Waals surface area contributed by atoms with Gasteiger partial charge in [-0.05, 0) is 42.9 Å². The summed E-state index contributed by atoms with van der Waals surface area (Å²) in [6, 6.07) is 9.24. The molecule has 0 aliphatic heterocycles. The minimum absolute atomic E-state index is 0.319. The van der Waals surface area contributed by atoms with E-state index in [1.54, 1.807) is 0 Å². The molecule has 1 aromatic carbocycles. The van der Waals surface area contributed by atoms with E-state index in [0.717, 1.165) is 24.5 Å². The lowest BCUT2D eigenvalue weighted by Crippen LogP contribution is -2.34.